The van der Waals surface area contributed by atoms with Gasteiger partial charge in [0.15, 0.2) is 28.5 Å². The van der Waals surface area contributed by atoms with Gasteiger partial charge in [0, 0.05) is 33.3 Å². The average Bonchev–Trinajstić information content (AvgIpc) is 3.46. The van der Waals surface area contributed by atoms with Crippen molar-refractivity contribution in [3.05, 3.63) is 36.4 Å². The van der Waals surface area contributed by atoms with Crippen LogP contribution in [0.4, 0.5) is 5.82 Å². The monoisotopic (exact) mass is 442 g/mol. The van der Waals surface area contributed by atoms with Crippen LogP contribution in [0.15, 0.2) is 30.9 Å². The molecule has 0 saturated carbocycles. The minimum atomic E-state index is -0.346. The molecule has 4 heterocycles. The number of nitrogens with one attached hydrogen (secondary N) is 1. The van der Waals surface area contributed by atoms with Gasteiger partial charge in [-0.1, -0.05) is 6.07 Å². The Morgan fingerprint density at radius 3 is 2.97 bits per heavy atom. The van der Waals surface area contributed by atoms with Gasteiger partial charge in [-0.3, -0.25) is 9.47 Å². The van der Waals surface area contributed by atoms with Crippen molar-refractivity contribution in [3.8, 4) is 11.5 Å². The summed E-state index contributed by atoms with van der Waals surface area (Å²) in [6.45, 7) is 3.29. The van der Waals surface area contributed by atoms with Gasteiger partial charge in [0.25, 0.3) is 0 Å². The minimum Gasteiger partial charge on any atom is -0.454 e. The lowest BCUT2D eigenvalue weighted by Crippen LogP contribution is -2.46. The van der Waals surface area contributed by atoms with Crippen molar-refractivity contribution in [1.82, 2.24) is 24.4 Å². The SMILES string of the molecule is COCCNc1ncnc2c1ncn2[C@H]1CN(Cc2ccc3c(c2)OCO3)C[C@@H](CO)O1. The lowest BCUT2D eigenvalue weighted by atomic mass is 10.1. The predicted molar refractivity (Wildman–Crippen MR) is 115 cm³/mol. The van der Waals surface area contributed by atoms with Crippen LogP contribution in [0.2, 0.25) is 0 Å². The van der Waals surface area contributed by atoms with E-state index in [0.29, 0.717) is 49.8 Å². The number of fused-ring (bicyclic) bond motifs is 2. The van der Waals surface area contributed by atoms with Gasteiger partial charge < -0.3 is 29.4 Å². The number of nitrogens with zero attached hydrogens (tertiary/aromatic N) is 5. The van der Waals surface area contributed by atoms with Crippen LogP contribution in [0.5, 0.6) is 11.5 Å². The quantitative estimate of drug-likeness (QED) is 0.490. The Bertz CT molecular complexity index is 1080. The summed E-state index contributed by atoms with van der Waals surface area (Å²) in [6, 6.07) is 5.96. The zero-order chi connectivity index (χ0) is 21.9. The van der Waals surface area contributed by atoms with Crippen LogP contribution in [0.3, 0.4) is 0 Å². The maximum atomic E-state index is 9.83. The summed E-state index contributed by atoms with van der Waals surface area (Å²) >= 11 is 0. The zero-order valence-corrected chi connectivity index (χ0v) is 17.8. The van der Waals surface area contributed by atoms with Crippen LogP contribution >= 0.6 is 0 Å². The predicted octanol–water partition coefficient (Wildman–Crippen LogP) is 1.01. The van der Waals surface area contributed by atoms with Crippen molar-refractivity contribution in [1.29, 1.82) is 0 Å². The molecule has 0 aliphatic carbocycles. The number of aliphatic hydroxyl groups excluding tert-OH is 1. The summed E-state index contributed by atoms with van der Waals surface area (Å²) in [5.74, 6) is 2.18. The average molecular weight is 442 g/mol. The Morgan fingerprint density at radius 1 is 1.19 bits per heavy atom. The summed E-state index contributed by atoms with van der Waals surface area (Å²) < 4.78 is 24.0. The van der Waals surface area contributed by atoms with E-state index < -0.39 is 0 Å². The minimum absolute atomic E-state index is 0.0699. The van der Waals surface area contributed by atoms with Crippen LogP contribution < -0.4 is 14.8 Å². The largest absolute Gasteiger partial charge is 0.454 e. The Kier molecular flexibility index (Phi) is 6.04. The highest BCUT2D eigenvalue weighted by Crippen LogP contribution is 2.33. The molecule has 2 aliphatic heterocycles. The van der Waals surface area contributed by atoms with Crippen molar-refractivity contribution in [2.45, 2.75) is 18.9 Å². The molecule has 2 atom stereocenters. The highest BCUT2D eigenvalue weighted by Gasteiger charge is 2.30. The number of anilines is 1. The molecule has 2 aromatic heterocycles. The van der Waals surface area contributed by atoms with Gasteiger partial charge in [-0.05, 0) is 17.7 Å². The first-order valence-corrected chi connectivity index (χ1v) is 10.5. The molecule has 0 spiro atoms. The first-order chi connectivity index (χ1) is 15.7. The molecule has 11 nitrogen and oxygen atoms in total. The maximum Gasteiger partial charge on any atom is 0.231 e. The van der Waals surface area contributed by atoms with E-state index in [1.165, 1.54) is 6.33 Å². The number of ether oxygens (including phenoxy) is 4. The van der Waals surface area contributed by atoms with Crippen LogP contribution in [0, 0.1) is 0 Å². The van der Waals surface area contributed by atoms with Gasteiger partial charge >= 0.3 is 0 Å². The van der Waals surface area contributed by atoms with E-state index in [4.69, 9.17) is 18.9 Å². The van der Waals surface area contributed by atoms with Crippen LogP contribution in [-0.4, -0.2) is 82.4 Å². The van der Waals surface area contributed by atoms with Gasteiger partial charge in [-0.25, -0.2) is 15.0 Å². The number of imidazole rings is 1. The fraction of sp³-hybridized carbons (Fsp3) is 0.476. The zero-order valence-electron chi connectivity index (χ0n) is 17.8. The third-order valence-corrected chi connectivity index (χ3v) is 5.54. The molecule has 32 heavy (non-hydrogen) atoms. The molecule has 1 aromatic carbocycles. The maximum absolute atomic E-state index is 9.83. The number of aliphatic hydroxyl groups is 1. The first-order valence-electron chi connectivity index (χ1n) is 10.5. The highest BCUT2D eigenvalue weighted by molar-refractivity contribution is 5.82. The fourth-order valence-corrected chi connectivity index (χ4v) is 4.04. The van der Waals surface area contributed by atoms with E-state index in [2.05, 4.69) is 25.2 Å². The van der Waals surface area contributed by atoms with E-state index in [1.54, 1.807) is 13.4 Å². The molecule has 0 bridgehead atoms. The van der Waals surface area contributed by atoms with Crippen LogP contribution in [0.25, 0.3) is 11.2 Å². The Hall–Kier alpha value is -2.99. The second-order valence-electron chi connectivity index (χ2n) is 7.74. The molecule has 11 heteroatoms. The molecule has 0 amide bonds. The standard InChI is InChI=1S/C21H26N6O5/c1-29-5-4-22-20-19-21(24-11-23-20)27(12-25-19)18-9-26(8-15(10-28)32-18)7-14-2-3-16-17(6-14)31-13-30-16/h2-3,6,11-12,15,18,28H,4-5,7-10,13H2,1H3,(H,22,23,24)/t15-,18+/m0/s1. The summed E-state index contributed by atoms with van der Waals surface area (Å²) in [4.78, 5) is 15.5. The summed E-state index contributed by atoms with van der Waals surface area (Å²) in [6.07, 6.45) is 2.55. The summed E-state index contributed by atoms with van der Waals surface area (Å²) in [5.41, 5.74) is 2.45. The molecule has 170 valence electrons. The molecule has 2 aliphatic rings. The van der Waals surface area contributed by atoms with Crippen molar-refractivity contribution in [2.75, 3.05) is 52.1 Å². The van der Waals surface area contributed by atoms with Crippen LogP contribution in [0.1, 0.15) is 11.8 Å². The topological polar surface area (TPSA) is 116 Å². The van der Waals surface area contributed by atoms with E-state index in [9.17, 15) is 5.11 Å². The molecule has 1 fully saturated rings. The Labute approximate surface area is 184 Å². The lowest BCUT2D eigenvalue weighted by Gasteiger charge is -2.37. The first kappa shape index (κ1) is 20.9. The molecular formula is C21H26N6O5. The number of benzene rings is 1. The second-order valence-corrected chi connectivity index (χ2v) is 7.74. The second kappa shape index (κ2) is 9.25. The third kappa shape index (κ3) is 4.19. The molecule has 3 aromatic rings. The summed E-state index contributed by atoms with van der Waals surface area (Å²) in [5, 5.41) is 13.1. The Balaban J connectivity index is 1.36. The Morgan fingerprint density at radius 2 is 2.09 bits per heavy atom. The van der Waals surface area contributed by atoms with E-state index in [-0.39, 0.29) is 25.7 Å². The van der Waals surface area contributed by atoms with E-state index in [0.717, 1.165) is 17.1 Å². The number of methoxy groups -OCH3 is 1. The number of aromatic nitrogens is 4. The van der Waals surface area contributed by atoms with Gasteiger partial charge in [-0.15, -0.1) is 0 Å². The van der Waals surface area contributed by atoms with Gasteiger partial charge in [0.05, 0.1) is 25.6 Å². The highest BCUT2D eigenvalue weighted by atomic mass is 16.7. The molecule has 0 unspecified atom stereocenters. The summed E-state index contributed by atoms with van der Waals surface area (Å²) in [7, 11) is 1.65. The van der Waals surface area contributed by atoms with Gasteiger partial charge in [0.1, 0.15) is 12.6 Å². The number of morpholine rings is 1. The third-order valence-electron chi connectivity index (χ3n) is 5.54. The van der Waals surface area contributed by atoms with Crippen LogP contribution in [-0.2, 0) is 16.0 Å². The lowest BCUT2D eigenvalue weighted by molar-refractivity contribution is -0.135. The number of rotatable bonds is 8. The van der Waals surface area contributed by atoms with E-state index >= 15 is 0 Å². The fourth-order valence-electron chi connectivity index (χ4n) is 4.04. The van der Waals surface area contributed by atoms with Gasteiger partial charge in [-0.2, -0.15) is 0 Å². The smallest absolute Gasteiger partial charge is 0.231 e. The molecule has 2 N–H and O–H groups in total. The van der Waals surface area contributed by atoms with Crippen molar-refractivity contribution in [3.63, 3.8) is 0 Å². The van der Waals surface area contributed by atoms with Crippen molar-refractivity contribution < 1.29 is 24.1 Å². The normalized spacial score (nSPS) is 20.7. The van der Waals surface area contributed by atoms with Crippen molar-refractivity contribution in [2.24, 2.45) is 0 Å². The molecule has 0 radical (unpaired) electrons. The van der Waals surface area contributed by atoms with E-state index in [1.807, 2.05) is 22.8 Å². The van der Waals surface area contributed by atoms with Gasteiger partial charge in [0.2, 0.25) is 6.79 Å². The molecule has 5 rings (SSSR count). The number of hydrogen-bond donors (Lipinski definition) is 2. The molecular weight excluding hydrogens is 416 g/mol. The molecule has 1 saturated heterocycles. The van der Waals surface area contributed by atoms with Crippen molar-refractivity contribution >= 4 is 17.0 Å². The number of hydrogen-bond acceptors (Lipinski definition) is 10.